The van der Waals surface area contributed by atoms with E-state index in [1.165, 1.54) is 0 Å². The Morgan fingerprint density at radius 1 is 1.50 bits per heavy atom. The van der Waals surface area contributed by atoms with Crippen molar-refractivity contribution in [1.29, 1.82) is 0 Å². The molecule has 0 saturated carbocycles. The molecule has 0 fully saturated rings. The molecule has 0 spiro atoms. The highest BCUT2D eigenvalue weighted by atomic mass is 15.2. The Labute approximate surface area is 85.5 Å². The first-order valence-corrected chi connectivity index (χ1v) is 4.99. The Morgan fingerprint density at radius 2 is 2.14 bits per heavy atom. The van der Waals surface area contributed by atoms with Gasteiger partial charge in [-0.05, 0) is 12.3 Å². The molecule has 1 aromatic heterocycles. The van der Waals surface area contributed by atoms with Crippen LogP contribution in [0.15, 0.2) is 6.07 Å². The molecular formula is C10H20N4. The lowest BCUT2D eigenvalue weighted by Gasteiger charge is -2.11. The van der Waals surface area contributed by atoms with Gasteiger partial charge in [0.05, 0.1) is 5.69 Å². The summed E-state index contributed by atoms with van der Waals surface area (Å²) in [6, 6.07) is 2.07. The van der Waals surface area contributed by atoms with Crippen LogP contribution >= 0.6 is 0 Å². The lowest BCUT2D eigenvalue weighted by atomic mass is 10.0. The summed E-state index contributed by atoms with van der Waals surface area (Å²) in [5.74, 6) is 1.54. The predicted octanol–water partition coefficient (Wildman–Crippen LogP) is 1.52. The second-order valence-electron chi connectivity index (χ2n) is 4.31. The third-order valence-electron chi connectivity index (χ3n) is 2.17. The fourth-order valence-electron chi connectivity index (χ4n) is 1.38. The number of nitrogens with zero attached hydrogens (tertiary/aromatic N) is 2. The zero-order valence-corrected chi connectivity index (χ0v) is 9.41. The number of nitrogens with two attached hydrogens (primary N) is 1. The van der Waals surface area contributed by atoms with Gasteiger partial charge in [0.15, 0.2) is 0 Å². The quantitative estimate of drug-likeness (QED) is 0.767. The molecule has 0 saturated heterocycles. The van der Waals surface area contributed by atoms with Crippen molar-refractivity contribution in [3.8, 4) is 0 Å². The maximum atomic E-state index is 6.02. The van der Waals surface area contributed by atoms with Crippen LogP contribution in [0.5, 0.6) is 0 Å². The van der Waals surface area contributed by atoms with Gasteiger partial charge in [0.2, 0.25) is 0 Å². The smallest absolute Gasteiger partial charge is 0.150 e. The molecule has 0 bridgehead atoms. The molecule has 14 heavy (non-hydrogen) atoms. The lowest BCUT2D eigenvalue weighted by Crippen LogP contribution is -2.13. The largest absolute Gasteiger partial charge is 0.361 e. The molecule has 4 nitrogen and oxygen atoms in total. The molecule has 0 aliphatic carbocycles. The molecule has 1 rings (SSSR count). The van der Waals surface area contributed by atoms with Crippen LogP contribution in [0.2, 0.25) is 0 Å². The van der Waals surface area contributed by atoms with E-state index in [1.54, 1.807) is 0 Å². The van der Waals surface area contributed by atoms with E-state index >= 15 is 0 Å². The number of aromatic amines is 1. The number of hydrogen-bond donors (Lipinski definition) is 2. The summed E-state index contributed by atoms with van der Waals surface area (Å²) >= 11 is 0. The van der Waals surface area contributed by atoms with E-state index in [-0.39, 0.29) is 6.04 Å². The van der Waals surface area contributed by atoms with Crippen LogP contribution in [0.3, 0.4) is 0 Å². The first-order valence-electron chi connectivity index (χ1n) is 4.99. The molecule has 1 heterocycles. The van der Waals surface area contributed by atoms with E-state index in [0.29, 0.717) is 5.92 Å². The molecule has 0 amide bonds. The van der Waals surface area contributed by atoms with Crippen molar-refractivity contribution < 1.29 is 0 Å². The number of hydrogen-bond acceptors (Lipinski definition) is 3. The van der Waals surface area contributed by atoms with Crippen molar-refractivity contribution in [2.75, 3.05) is 19.0 Å². The zero-order chi connectivity index (χ0) is 10.7. The summed E-state index contributed by atoms with van der Waals surface area (Å²) in [5.41, 5.74) is 7.04. The Kier molecular flexibility index (Phi) is 3.52. The van der Waals surface area contributed by atoms with E-state index in [0.717, 1.165) is 17.9 Å². The molecular weight excluding hydrogens is 176 g/mol. The maximum Gasteiger partial charge on any atom is 0.150 e. The van der Waals surface area contributed by atoms with Gasteiger partial charge in [0, 0.05) is 26.2 Å². The third kappa shape index (κ3) is 2.73. The van der Waals surface area contributed by atoms with Crippen molar-refractivity contribution in [3.05, 3.63) is 11.8 Å². The first-order chi connectivity index (χ1) is 6.50. The van der Waals surface area contributed by atoms with E-state index < -0.39 is 0 Å². The molecule has 80 valence electrons. The molecule has 0 aromatic carbocycles. The van der Waals surface area contributed by atoms with Gasteiger partial charge in [-0.15, -0.1) is 0 Å². The molecule has 0 radical (unpaired) electrons. The summed E-state index contributed by atoms with van der Waals surface area (Å²) in [5, 5.41) is 7.14. The van der Waals surface area contributed by atoms with Crippen molar-refractivity contribution in [2.45, 2.75) is 26.3 Å². The Balaban J connectivity index is 2.66. The molecule has 0 unspecified atom stereocenters. The van der Waals surface area contributed by atoms with Crippen LogP contribution in [0.4, 0.5) is 5.82 Å². The average Bonchev–Trinajstić information content (AvgIpc) is 2.50. The minimum Gasteiger partial charge on any atom is -0.361 e. The number of anilines is 1. The first kappa shape index (κ1) is 11.0. The normalized spacial score (nSPS) is 13.3. The Morgan fingerprint density at radius 3 is 2.57 bits per heavy atom. The lowest BCUT2D eigenvalue weighted by molar-refractivity contribution is 0.501. The molecule has 1 atom stereocenters. The Hall–Kier alpha value is -1.03. The van der Waals surface area contributed by atoms with Gasteiger partial charge in [-0.1, -0.05) is 13.8 Å². The number of rotatable bonds is 4. The highest BCUT2D eigenvalue weighted by Gasteiger charge is 2.11. The summed E-state index contributed by atoms with van der Waals surface area (Å²) < 4.78 is 0. The topological polar surface area (TPSA) is 57.9 Å². The van der Waals surface area contributed by atoms with Crippen LogP contribution in [0, 0.1) is 5.92 Å². The highest BCUT2D eigenvalue weighted by Crippen LogP contribution is 2.19. The van der Waals surface area contributed by atoms with Crippen LogP contribution in [0.1, 0.15) is 32.0 Å². The molecule has 0 aliphatic rings. The summed E-state index contributed by atoms with van der Waals surface area (Å²) in [6.07, 6.45) is 0.981. The minimum absolute atomic E-state index is 0.0659. The molecule has 1 aromatic rings. The monoisotopic (exact) mass is 196 g/mol. The van der Waals surface area contributed by atoms with Gasteiger partial charge in [0.1, 0.15) is 5.82 Å². The number of H-pyrrole nitrogens is 1. The fraction of sp³-hybridized carbons (Fsp3) is 0.700. The van der Waals surface area contributed by atoms with Crippen molar-refractivity contribution in [1.82, 2.24) is 10.2 Å². The number of aromatic nitrogens is 2. The van der Waals surface area contributed by atoms with Gasteiger partial charge in [0.25, 0.3) is 0 Å². The van der Waals surface area contributed by atoms with Crippen LogP contribution in [-0.4, -0.2) is 24.3 Å². The van der Waals surface area contributed by atoms with Crippen molar-refractivity contribution in [2.24, 2.45) is 11.7 Å². The van der Waals surface area contributed by atoms with Gasteiger partial charge in [-0.2, -0.15) is 5.10 Å². The van der Waals surface area contributed by atoms with Gasteiger partial charge < -0.3 is 10.6 Å². The number of nitrogens with one attached hydrogen (secondary N) is 1. The molecule has 4 heteroatoms. The SMILES string of the molecule is CC(C)C[C@@H](N)c1cc(N(C)C)n[nH]1. The predicted molar refractivity (Wildman–Crippen MR) is 59.3 cm³/mol. The maximum absolute atomic E-state index is 6.02. The van der Waals surface area contributed by atoms with Crippen LogP contribution in [0.25, 0.3) is 0 Å². The van der Waals surface area contributed by atoms with E-state index in [2.05, 4.69) is 24.0 Å². The van der Waals surface area contributed by atoms with Crippen LogP contribution in [-0.2, 0) is 0 Å². The summed E-state index contributed by atoms with van der Waals surface area (Å²) in [7, 11) is 3.93. The standard InChI is InChI=1S/C10H20N4/c1-7(2)5-8(11)9-6-10(13-12-9)14(3)4/h6-8H,5,11H2,1-4H3,(H,12,13)/t8-/m1/s1. The summed E-state index contributed by atoms with van der Waals surface area (Å²) in [4.78, 5) is 1.96. The van der Waals surface area contributed by atoms with Gasteiger partial charge in [-0.3, -0.25) is 5.10 Å². The third-order valence-corrected chi connectivity index (χ3v) is 2.17. The Bertz CT molecular complexity index is 277. The minimum atomic E-state index is 0.0659. The second-order valence-corrected chi connectivity index (χ2v) is 4.31. The second kappa shape index (κ2) is 4.46. The van der Waals surface area contributed by atoms with E-state index in [1.807, 2.05) is 25.1 Å². The highest BCUT2D eigenvalue weighted by molar-refractivity contribution is 5.37. The van der Waals surface area contributed by atoms with E-state index in [9.17, 15) is 0 Å². The van der Waals surface area contributed by atoms with Gasteiger partial charge >= 0.3 is 0 Å². The van der Waals surface area contributed by atoms with E-state index in [4.69, 9.17) is 5.73 Å². The fourth-order valence-corrected chi connectivity index (χ4v) is 1.38. The van der Waals surface area contributed by atoms with Crippen molar-refractivity contribution in [3.63, 3.8) is 0 Å². The average molecular weight is 196 g/mol. The molecule has 3 N–H and O–H groups in total. The van der Waals surface area contributed by atoms with Crippen LogP contribution < -0.4 is 10.6 Å². The van der Waals surface area contributed by atoms with Gasteiger partial charge in [-0.25, -0.2) is 0 Å². The summed E-state index contributed by atoms with van der Waals surface area (Å²) in [6.45, 7) is 4.34. The zero-order valence-electron chi connectivity index (χ0n) is 9.41. The van der Waals surface area contributed by atoms with Crippen molar-refractivity contribution >= 4 is 5.82 Å². The molecule has 0 aliphatic heterocycles.